The average molecular weight is 1020 g/mol. The molecule has 0 spiro atoms. The molecule has 0 bridgehead atoms. The highest BCUT2D eigenvalue weighted by Crippen LogP contribution is 2.50. The van der Waals surface area contributed by atoms with Crippen LogP contribution in [0.25, 0.3) is 75.9 Å². The van der Waals surface area contributed by atoms with Crippen molar-refractivity contribution in [2.75, 3.05) is 13.2 Å². The number of aryl methyl sites for hydroxylation is 2. The minimum atomic E-state index is -0.00671. The first-order valence-electron chi connectivity index (χ1n) is 26.2. The standard InChI is InChI=1S/C66H72N2O4S2/c1-39-17-27-57(49(31-39)61-59(69)55(37-73-61)67-51-23-19-41(63(3,4)5)33-45(51)46-34-42(64(6,7)8)20-24-52(46)67)71-29-15-16-30-72-58-28-18-40(2)32-50(58)62-60(70)56(38-74-62)68-53-25-21-43(65(9,10)11)35-47(53)48-36-44(66(12,13)14)22-26-54(48)68/h17-28,31-38,69-70H,15-16,29-30H2,1-14H3. The predicted octanol–water partition coefficient (Wildman–Crippen LogP) is 18.8. The second-order valence-corrected chi connectivity index (χ2v) is 26.4. The number of hydrogen-bond donors (Lipinski definition) is 2. The molecule has 10 aromatic rings. The lowest BCUT2D eigenvalue weighted by Crippen LogP contribution is -2.10. The molecular weight excluding hydrogens is 949 g/mol. The molecule has 74 heavy (non-hydrogen) atoms. The fourth-order valence-corrected chi connectivity index (χ4v) is 12.2. The van der Waals surface area contributed by atoms with Gasteiger partial charge in [-0.3, -0.25) is 0 Å². The summed E-state index contributed by atoms with van der Waals surface area (Å²) in [6, 6.07) is 39.5. The molecule has 10 rings (SSSR count). The molecular formula is C66H72N2O4S2. The van der Waals surface area contributed by atoms with E-state index in [1.54, 1.807) is 22.7 Å². The van der Waals surface area contributed by atoms with E-state index in [1.807, 2.05) is 12.1 Å². The van der Waals surface area contributed by atoms with Gasteiger partial charge in [-0.25, -0.2) is 0 Å². The van der Waals surface area contributed by atoms with E-state index in [0.717, 1.165) is 89.8 Å². The Bertz CT molecular complexity index is 3380. The maximum Gasteiger partial charge on any atom is 0.158 e. The van der Waals surface area contributed by atoms with Crippen LogP contribution in [0, 0.1) is 13.8 Å². The third kappa shape index (κ3) is 9.38. The minimum absolute atomic E-state index is 0.00671. The molecule has 0 aliphatic rings. The Labute approximate surface area is 445 Å². The van der Waals surface area contributed by atoms with E-state index < -0.39 is 0 Å². The lowest BCUT2D eigenvalue weighted by molar-refractivity contribution is 0.267. The van der Waals surface area contributed by atoms with Gasteiger partial charge in [0.25, 0.3) is 0 Å². The van der Waals surface area contributed by atoms with Crippen LogP contribution >= 0.6 is 22.7 Å². The van der Waals surface area contributed by atoms with Crippen molar-refractivity contribution in [3.63, 3.8) is 0 Å². The van der Waals surface area contributed by atoms with Crippen LogP contribution in [-0.4, -0.2) is 32.6 Å². The number of fused-ring (bicyclic) bond motifs is 6. The van der Waals surface area contributed by atoms with Crippen LogP contribution in [0.3, 0.4) is 0 Å². The molecule has 0 unspecified atom stereocenters. The van der Waals surface area contributed by atoms with Crippen LogP contribution in [-0.2, 0) is 21.7 Å². The van der Waals surface area contributed by atoms with Crippen molar-refractivity contribution in [1.29, 1.82) is 0 Å². The van der Waals surface area contributed by atoms with Gasteiger partial charge in [0.15, 0.2) is 11.5 Å². The van der Waals surface area contributed by atoms with E-state index in [1.165, 1.54) is 43.8 Å². The highest BCUT2D eigenvalue weighted by atomic mass is 32.1. The van der Waals surface area contributed by atoms with Gasteiger partial charge in [-0.15, -0.1) is 22.7 Å². The molecule has 2 N–H and O–H groups in total. The number of benzene rings is 6. The highest BCUT2D eigenvalue weighted by molar-refractivity contribution is 7.14. The summed E-state index contributed by atoms with van der Waals surface area (Å²) in [5.74, 6) is 1.97. The second kappa shape index (κ2) is 18.7. The smallest absolute Gasteiger partial charge is 0.158 e. The van der Waals surface area contributed by atoms with E-state index in [0.29, 0.717) is 13.2 Å². The quantitative estimate of drug-likeness (QED) is 0.127. The van der Waals surface area contributed by atoms with Gasteiger partial charge >= 0.3 is 0 Å². The van der Waals surface area contributed by atoms with Crippen molar-refractivity contribution in [2.24, 2.45) is 0 Å². The van der Waals surface area contributed by atoms with Crippen LogP contribution in [0.2, 0.25) is 0 Å². The topological polar surface area (TPSA) is 68.8 Å². The van der Waals surface area contributed by atoms with E-state index in [-0.39, 0.29) is 33.2 Å². The van der Waals surface area contributed by atoms with Gasteiger partial charge < -0.3 is 28.8 Å². The number of thiophene rings is 2. The summed E-state index contributed by atoms with van der Waals surface area (Å²) in [5.41, 5.74) is 14.8. The van der Waals surface area contributed by atoms with Crippen LogP contribution in [0.1, 0.15) is 129 Å². The number of ether oxygens (including phenoxy) is 2. The van der Waals surface area contributed by atoms with E-state index in [4.69, 9.17) is 9.47 Å². The van der Waals surface area contributed by atoms with Gasteiger partial charge in [0.05, 0.1) is 56.4 Å². The molecule has 8 heteroatoms. The van der Waals surface area contributed by atoms with Gasteiger partial charge in [0.2, 0.25) is 0 Å². The van der Waals surface area contributed by atoms with Crippen molar-refractivity contribution in [2.45, 2.75) is 131 Å². The molecule has 4 aromatic heterocycles. The maximum absolute atomic E-state index is 12.2. The third-order valence-electron chi connectivity index (χ3n) is 14.8. The first-order valence-corrected chi connectivity index (χ1v) is 27.9. The number of nitrogens with zero attached hydrogens (tertiary/aromatic N) is 2. The van der Waals surface area contributed by atoms with Gasteiger partial charge in [0, 0.05) is 43.4 Å². The summed E-state index contributed by atoms with van der Waals surface area (Å²) in [6.45, 7) is 32.2. The highest BCUT2D eigenvalue weighted by Gasteiger charge is 2.27. The molecule has 0 fully saturated rings. The summed E-state index contributed by atoms with van der Waals surface area (Å²) in [7, 11) is 0. The zero-order chi connectivity index (χ0) is 52.8. The van der Waals surface area contributed by atoms with E-state index >= 15 is 0 Å². The zero-order valence-electron chi connectivity index (χ0n) is 45.8. The predicted molar refractivity (Wildman–Crippen MR) is 316 cm³/mol. The van der Waals surface area contributed by atoms with Crippen LogP contribution in [0.4, 0.5) is 0 Å². The molecule has 382 valence electrons. The summed E-state index contributed by atoms with van der Waals surface area (Å²) < 4.78 is 17.6. The number of rotatable bonds is 11. The molecule has 0 atom stereocenters. The van der Waals surface area contributed by atoms with Crippen molar-refractivity contribution in [1.82, 2.24) is 9.13 Å². The Kier molecular flexibility index (Phi) is 12.9. The normalized spacial score (nSPS) is 12.8. The molecule has 6 nitrogen and oxygen atoms in total. The van der Waals surface area contributed by atoms with Gasteiger partial charge in [-0.2, -0.15) is 0 Å². The average Bonchev–Trinajstić information content (AvgIpc) is 4.08. The van der Waals surface area contributed by atoms with Gasteiger partial charge in [-0.1, -0.05) is 131 Å². The molecule has 0 amide bonds. The fourth-order valence-electron chi connectivity index (χ4n) is 10.3. The Morgan fingerprint density at radius 3 is 0.986 bits per heavy atom. The van der Waals surface area contributed by atoms with Crippen LogP contribution in [0.15, 0.2) is 120 Å². The lowest BCUT2D eigenvalue weighted by atomic mass is 9.85. The van der Waals surface area contributed by atoms with Crippen LogP contribution in [0.5, 0.6) is 23.0 Å². The SMILES string of the molecule is Cc1ccc(OCCCCOc2ccc(C)cc2-c2scc(-n3c4ccc(C(C)(C)C)cc4c4cc(C(C)(C)C)ccc43)c2O)c(-c2scc(-n3c4ccc(C(C)(C)C)cc4c4cc(C(C)(C)C)ccc43)c2O)c1. The van der Waals surface area contributed by atoms with Crippen molar-refractivity contribution in [3.05, 3.63) is 153 Å². The summed E-state index contributed by atoms with van der Waals surface area (Å²) in [4.78, 5) is 1.56. The number of aromatic hydroxyl groups is 2. The molecule has 0 radical (unpaired) electrons. The van der Waals surface area contributed by atoms with Crippen molar-refractivity contribution in [3.8, 4) is 55.3 Å². The summed E-state index contributed by atoms with van der Waals surface area (Å²) >= 11 is 3.09. The largest absolute Gasteiger partial charge is 0.504 e. The molecule has 6 aromatic carbocycles. The van der Waals surface area contributed by atoms with Gasteiger partial charge in [-0.05, 0) is 143 Å². The molecule has 0 aliphatic heterocycles. The van der Waals surface area contributed by atoms with Gasteiger partial charge in [0.1, 0.15) is 11.5 Å². The fraction of sp³-hybridized carbons (Fsp3) is 0.333. The van der Waals surface area contributed by atoms with Crippen molar-refractivity contribution < 1.29 is 19.7 Å². The lowest BCUT2D eigenvalue weighted by Gasteiger charge is -2.19. The van der Waals surface area contributed by atoms with Crippen molar-refractivity contribution >= 4 is 66.3 Å². The molecule has 0 aliphatic carbocycles. The monoisotopic (exact) mass is 1020 g/mol. The number of unbranched alkanes of at least 4 members (excludes halogenated alkanes) is 1. The Hall–Kier alpha value is -6.48. The first-order chi connectivity index (χ1) is 34.9. The van der Waals surface area contributed by atoms with E-state index in [9.17, 15) is 10.2 Å². The Morgan fingerprint density at radius 1 is 0.405 bits per heavy atom. The summed E-state index contributed by atoms with van der Waals surface area (Å²) in [5, 5.41) is 33.4. The first kappa shape index (κ1) is 51.0. The minimum Gasteiger partial charge on any atom is -0.504 e. The Balaban J connectivity index is 0.877. The summed E-state index contributed by atoms with van der Waals surface area (Å²) in [6.07, 6.45) is 1.53. The molecule has 0 saturated carbocycles. The zero-order valence-corrected chi connectivity index (χ0v) is 47.4. The number of aromatic nitrogens is 2. The maximum atomic E-state index is 12.2. The van der Waals surface area contributed by atoms with E-state index in [2.05, 4.69) is 214 Å². The second-order valence-electron chi connectivity index (χ2n) is 24.6. The Morgan fingerprint density at radius 2 is 0.703 bits per heavy atom. The molecule has 4 heterocycles. The number of hydrogen-bond acceptors (Lipinski definition) is 6. The third-order valence-corrected chi connectivity index (χ3v) is 16.8. The van der Waals surface area contributed by atoms with Crippen LogP contribution < -0.4 is 9.47 Å². The molecule has 0 saturated heterocycles.